The Morgan fingerprint density at radius 2 is 1.31 bits per heavy atom. The van der Waals surface area contributed by atoms with Crippen LogP contribution in [0.2, 0.25) is 0 Å². The Balaban J connectivity index is 0.00000225. The van der Waals surface area contributed by atoms with Crippen molar-refractivity contribution >= 4 is 17.9 Å². The van der Waals surface area contributed by atoms with Gasteiger partial charge in [0, 0.05) is 49.4 Å². The Labute approximate surface area is 130 Å². The van der Waals surface area contributed by atoms with Crippen LogP contribution >= 0.6 is 0 Å². The molecule has 0 saturated carbocycles. The molecule has 0 amide bonds. The normalized spacial score (nSPS) is 9.00. The fourth-order valence-electron chi connectivity index (χ4n) is 1.04. The fourth-order valence-corrected chi connectivity index (χ4v) is 1.04. The average molecular weight is 362 g/mol. The molecule has 85 valence electrons. The zero-order valence-corrected chi connectivity index (χ0v) is 10.1. The summed E-state index contributed by atoms with van der Waals surface area (Å²) < 4.78 is 0. The van der Waals surface area contributed by atoms with Crippen LogP contribution in [0.3, 0.4) is 0 Å². The maximum Gasteiger partial charge on any atom is 0.336 e. The van der Waals surface area contributed by atoms with E-state index in [1.807, 2.05) is 0 Å². The number of benzene rings is 1. The molecule has 0 aliphatic carbocycles. The number of carboxylic acids is 3. The van der Waals surface area contributed by atoms with E-state index in [0.717, 1.165) is 18.2 Å². The molecule has 0 atom stereocenters. The third-order valence-electron chi connectivity index (χ3n) is 1.73. The molecule has 0 spiro atoms. The molecule has 0 fully saturated rings. The van der Waals surface area contributed by atoms with Gasteiger partial charge in [0.2, 0.25) is 0 Å². The number of carbonyl (C=O) groups is 3. The van der Waals surface area contributed by atoms with E-state index in [1.165, 1.54) is 0 Å². The van der Waals surface area contributed by atoms with E-state index in [0.29, 0.717) is 0 Å². The predicted octanol–water partition coefficient (Wildman–Crippen LogP) is 0.781. The van der Waals surface area contributed by atoms with Gasteiger partial charge in [0.1, 0.15) is 0 Å². The van der Waals surface area contributed by atoms with Crippen LogP contribution in [0, 0.1) is 49.4 Å². The van der Waals surface area contributed by atoms with Gasteiger partial charge < -0.3 is 15.3 Å². The third-order valence-corrected chi connectivity index (χ3v) is 1.73. The Morgan fingerprint density at radius 3 is 1.69 bits per heavy atom. The summed E-state index contributed by atoms with van der Waals surface area (Å²) in [6.45, 7) is 0. The van der Waals surface area contributed by atoms with Crippen LogP contribution < -0.4 is 0 Å². The molecular weight excluding hydrogens is 356 g/mol. The largest absolute Gasteiger partial charge is 0.478 e. The first-order valence-corrected chi connectivity index (χ1v) is 3.77. The first kappa shape index (κ1) is 15.2. The first-order chi connectivity index (χ1) is 6.93. The maximum atomic E-state index is 10.6. The molecule has 0 saturated heterocycles. The Hall–Kier alpha value is -0.786. The van der Waals surface area contributed by atoms with Crippen molar-refractivity contribution < 1.29 is 79.1 Å². The molecule has 0 aliphatic rings. The maximum absolute atomic E-state index is 10.6. The molecule has 16 heavy (non-hydrogen) atoms. The standard InChI is InChI=1S/C9H6O6.Eu/c10-7(11)4-1-2-5(8(12)13)6(3-4)9(14)15;/h1-3H,(H,10,11)(H,12,13)(H,14,15);. The second kappa shape index (κ2) is 6.07. The van der Waals surface area contributed by atoms with Crippen molar-refractivity contribution in [3.63, 3.8) is 0 Å². The van der Waals surface area contributed by atoms with Crippen LogP contribution in [0.25, 0.3) is 0 Å². The van der Waals surface area contributed by atoms with Crippen molar-refractivity contribution in [3.05, 3.63) is 34.9 Å². The predicted molar refractivity (Wildman–Crippen MR) is 47.3 cm³/mol. The van der Waals surface area contributed by atoms with Gasteiger partial charge in [-0.15, -0.1) is 0 Å². The monoisotopic (exact) mass is 363 g/mol. The summed E-state index contributed by atoms with van der Waals surface area (Å²) in [5.74, 6) is -4.20. The van der Waals surface area contributed by atoms with Crippen molar-refractivity contribution in [2.75, 3.05) is 0 Å². The minimum Gasteiger partial charge on any atom is -0.478 e. The Kier molecular flexibility index (Phi) is 5.78. The van der Waals surface area contributed by atoms with Gasteiger partial charge in [-0.2, -0.15) is 0 Å². The van der Waals surface area contributed by atoms with Gasteiger partial charge in [-0.25, -0.2) is 14.4 Å². The number of hydrogen-bond acceptors (Lipinski definition) is 3. The summed E-state index contributed by atoms with van der Waals surface area (Å²) in [6.07, 6.45) is 0. The molecule has 0 heterocycles. The summed E-state index contributed by atoms with van der Waals surface area (Å²) >= 11 is 0. The van der Waals surface area contributed by atoms with Crippen LogP contribution in [-0.4, -0.2) is 33.2 Å². The summed E-state index contributed by atoms with van der Waals surface area (Å²) in [5, 5.41) is 25.9. The number of rotatable bonds is 3. The topological polar surface area (TPSA) is 112 Å². The fraction of sp³-hybridized carbons (Fsp3) is 0. The average Bonchev–Trinajstić information content (AvgIpc) is 2.16. The number of aromatic carboxylic acids is 3. The van der Waals surface area contributed by atoms with Crippen LogP contribution in [-0.2, 0) is 0 Å². The van der Waals surface area contributed by atoms with Gasteiger partial charge in [0.25, 0.3) is 0 Å². The van der Waals surface area contributed by atoms with E-state index in [2.05, 4.69) is 0 Å². The van der Waals surface area contributed by atoms with Gasteiger partial charge in [0.15, 0.2) is 0 Å². The number of carboxylic acid groups (broad SMARTS) is 3. The minimum atomic E-state index is -1.48. The van der Waals surface area contributed by atoms with Gasteiger partial charge in [0.05, 0.1) is 16.7 Å². The molecule has 0 bridgehead atoms. The van der Waals surface area contributed by atoms with Crippen molar-refractivity contribution in [3.8, 4) is 0 Å². The van der Waals surface area contributed by atoms with Crippen molar-refractivity contribution in [1.82, 2.24) is 0 Å². The van der Waals surface area contributed by atoms with Gasteiger partial charge in [-0.1, -0.05) is 0 Å². The van der Waals surface area contributed by atoms with Crippen LogP contribution in [0.4, 0.5) is 0 Å². The molecule has 1 aromatic carbocycles. The van der Waals surface area contributed by atoms with Crippen LogP contribution in [0.1, 0.15) is 31.1 Å². The van der Waals surface area contributed by atoms with Crippen LogP contribution in [0.15, 0.2) is 18.2 Å². The van der Waals surface area contributed by atoms with E-state index >= 15 is 0 Å². The van der Waals surface area contributed by atoms with Crippen LogP contribution in [0.5, 0.6) is 0 Å². The second-order valence-electron chi connectivity index (χ2n) is 2.68. The third kappa shape index (κ3) is 3.36. The SMILES string of the molecule is O=C(O)c1ccc(C(=O)O)c(C(=O)O)c1.[Eu]. The molecule has 6 nitrogen and oxygen atoms in total. The van der Waals surface area contributed by atoms with E-state index in [9.17, 15) is 14.4 Å². The molecule has 3 N–H and O–H groups in total. The van der Waals surface area contributed by atoms with Gasteiger partial charge >= 0.3 is 17.9 Å². The molecule has 0 aromatic heterocycles. The Bertz CT molecular complexity index is 453. The minimum absolute atomic E-state index is 0. The Morgan fingerprint density at radius 1 is 0.812 bits per heavy atom. The van der Waals surface area contributed by atoms with Crippen molar-refractivity contribution in [1.29, 1.82) is 0 Å². The second-order valence-corrected chi connectivity index (χ2v) is 2.68. The summed E-state index contributed by atoms with van der Waals surface area (Å²) in [4.78, 5) is 31.8. The molecule has 7 heteroatoms. The molecule has 1 radical (unpaired) electrons. The van der Waals surface area contributed by atoms with Gasteiger partial charge in [-0.3, -0.25) is 0 Å². The molecular formula is C9H6EuO6. The summed E-state index contributed by atoms with van der Waals surface area (Å²) in [7, 11) is 0. The van der Waals surface area contributed by atoms with E-state index in [-0.39, 0.29) is 54.9 Å². The zero-order chi connectivity index (χ0) is 11.6. The van der Waals surface area contributed by atoms with E-state index in [4.69, 9.17) is 15.3 Å². The van der Waals surface area contributed by atoms with Gasteiger partial charge in [-0.05, 0) is 18.2 Å². The zero-order valence-electron chi connectivity index (χ0n) is 7.68. The van der Waals surface area contributed by atoms with E-state index < -0.39 is 29.0 Å². The smallest absolute Gasteiger partial charge is 0.336 e. The summed E-state index contributed by atoms with van der Waals surface area (Å²) in [5.41, 5.74) is -1.24. The first-order valence-electron chi connectivity index (χ1n) is 3.77. The number of hydrogen-bond donors (Lipinski definition) is 3. The quantitative estimate of drug-likeness (QED) is 0.733. The molecule has 1 aromatic rings. The van der Waals surface area contributed by atoms with E-state index in [1.54, 1.807) is 0 Å². The molecule has 0 aliphatic heterocycles. The summed E-state index contributed by atoms with van der Waals surface area (Å²) in [6, 6.07) is 2.81. The molecule has 0 unspecified atom stereocenters. The molecule has 1 rings (SSSR count). The van der Waals surface area contributed by atoms with Crippen molar-refractivity contribution in [2.24, 2.45) is 0 Å². The van der Waals surface area contributed by atoms with Crippen molar-refractivity contribution in [2.45, 2.75) is 0 Å².